The first-order valence-corrected chi connectivity index (χ1v) is 8.80. The van der Waals surface area contributed by atoms with Crippen molar-refractivity contribution in [3.05, 3.63) is 29.3 Å². The number of methoxy groups -OCH3 is 1. The number of hydrogen-bond donors (Lipinski definition) is 2. The molecule has 21 heavy (non-hydrogen) atoms. The highest BCUT2D eigenvalue weighted by Crippen LogP contribution is 2.26. The molecular formula is C15H26N2O3S. The lowest BCUT2D eigenvalue weighted by Gasteiger charge is -2.28. The molecule has 0 aliphatic carbocycles. The van der Waals surface area contributed by atoms with Gasteiger partial charge in [-0.05, 0) is 33.8 Å². The van der Waals surface area contributed by atoms with Crippen molar-refractivity contribution in [2.75, 3.05) is 19.9 Å². The maximum atomic E-state index is 11.3. The molecule has 0 aliphatic heterocycles. The van der Waals surface area contributed by atoms with Crippen LogP contribution in [0.4, 0.5) is 0 Å². The molecule has 1 unspecified atom stereocenters. The Kier molecular flexibility index (Phi) is 5.78. The molecule has 0 heterocycles. The zero-order valence-corrected chi connectivity index (χ0v) is 14.5. The van der Waals surface area contributed by atoms with E-state index in [4.69, 9.17) is 4.74 Å². The van der Waals surface area contributed by atoms with E-state index in [1.165, 1.54) is 6.26 Å². The summed E-state index contributed by atoms with van der Waals surface area (Å²) in [5, 5.41) is 3.36. The first kappa shape index (κ1) is 17.9. The van der Waals surface area contributed by atoms with Crippen LogP contribution in [0.1, 0.15) is 37.9 Å². The normalized spacial score (nSPS) is 14.0. The summed E-state index contributed by atoms with van der Waals surface area (Å²) in [5.74, 6) is 0.828. The Balaban J connectivity index is 2.78. The van der Waals surface area contributed by atoms with E-state index in [0.29, 0.717) is 6.54 Å². The van der Waals surface area contributed by atoms with Gasteiger partial charge in [0.2, 0.25) is 10.0 Å². The minimum atomic E-state index is -3.23. The molecule has 1 aromatic carbocycles. The molecule has 0 saturated carbocycles. The lowest BCUT2D eigenvalue weighted by Crippen LogP contribution is -2.50. The van der Waals surface area contributed by atoms with Crippen LogP contribution in [0.5, 0.6) is 5.75 Å². The lowest BCUT2D eigenvalue weighted by molar-refractivity contribution is 0.380. The second-order valence-corrected chi connectivity index (χ2v) is 7.85. The van der Waals surface area contributed by atoms with Crippen molar-refractivity contribution in [2.24, 2.45) is 0 Å². The third-order valence-electron chi connectivity index (χ3n) is 3.16. The van der Waals surface area contributed by atoms with Crippen molar-refractivity contribution in [1.29, 1.82) is 0 Å². The smallest absolute Gasteiger partial charge is 0.209 e. The average Bonchev–Trinajstić information content (AvgIpc) is 2.33. The number of ether oxygens (including phenoxy) is 1. The molecule has 6 heteroatoms. The summed E-state index contributed by atoms with van der Waals surface area (Å²) in [5.41, 5.74) is 1.67. The predicted molar refractivity (Wildman–Crippen MR) is 86.2 cm³/mol. The van der Waals surface area contributed by atoms with Gasteiger partial charge >= 0.3 is 0 Å². The van der Waals surface area contributed by atoms with Crippen molar-refractivity contribution in [3.63, 3.8) is 0 Å². The van der Waals surface area contributed by atoms with E-state index in [-0.39, 0.29) is 6.04 Å². The van der Waals surface area contributed by atoms with Gasteiger partial charge in [-0.25, -0.2) is 13.1 Å². The second-order valence-electron chi connectivity index (χ2n) is 6.11. The van der Waals surface area contributed by atoms with Crippen LogP contribution < -0.4 is 14.8 Å². The molecular weight excluding hydrogens is 288 g/mol. The van der Waals surface area contributed by atoms with Gasteiger partial charge in [0.05, 0.1) is 13.4 Å². The van der Waals surface area contributed by atoms with Gasteiger partial charge in [-0.1, -0.05) is 17.7 Å². The van der Waals surface area contributed by atoms with E-state index in [9.17, 15) is 8.42 Å². The third-order valence-corrected chi connectivity index (χ3v) is 4.09. The molecule has 0 aliphatic rings. The minimum Gasteiger partial charge on any atom is -0.496 e. The zero-order chi connectivity index (χ0) is 16.3. The van der Waals surface area contributed by atoms with Crippen molar-refractivity contribution >= 4 is 10.0 Å². The molecule has 5 nitrogen and oxygen atoms in total. The van der Waals surface area contributed by atoms with Gasteiger partial charge in [-0.15, -0.1) is 0 Å². The highest BCUT2D eigenvalue weighted by atomic mass is 32.2. The molecule has 0 spiro atoms. The SMILES string of the molecule is COc1ccc(C)cc1C(C)NCC(C)(C)NS(C)(=O)=O. The van der Waals surface area contributed by atoms with Crippen molar-refractivity contribution in [3.8, 4) is 5.75 Å². The van der Waals surface area contributed by atoms with Gasteiger partial charge in [0.15, 0.2) is 0 Å². The second kappa shape index (κ2) is 6.77. The van der Waals surface area contributed by atoms with E-state index in [0.717, 1.165) is 16.9 Å². The molecule has 1 atom stereocenters. The fraction of sp³-hybridized carbons (Fsp3) is 0.600. The predicted octanol–water partition coefficient (Wildman–Crippen LogP) is 1.98. The quantitative estimate of drug-likeness (QED) is 0.807. The summed E-state index contributed by atoms with van der Waals surface area (Å²) in [6.07, 6.45) is 1.17. The van der Waals surface area contributed by atoms with Crippen LogP contribution in [0.15, 0.2) is 18.2 Å². The highest BCUT2D eigenvalue weighted by molar-refractivity contribution is 7.88. The molecule has 120 valence electrons. The van der Waals surface area contributed by atoms with Crippen LogP contribution in [0.2, 0.25) is 0 Å². The molecule has 1 rings (SSSR count). The molecule has 0 fully saturated rings. The fourth-order valence-electron chi connectivity index (χ4n) is 2.25. The summed E-state index contributed by atoms with van der Waals surface area (Å²) in [6.45, 7) is 8.28. The number of rotatable bonds is 7. The van der Waals surface area contributed by atoms with Crippen LogP contribution in [-0.4, -0.2) is 33.9 Å². The Hall–Kier alpha value is -1.11. The molecule has 2 N–H and O–H groups in total. The van der Waals surface area contributed by atoms with E-state index in [1.807, 2.05) is 39.8 Å². The van der Waals surface area contributed by atoms with Crippen molar-refractivity contribution in [2.45, 2.75) is 39.3 Å². The Morgan fingerprint density at radius 2 is 1.95 bits per heavy atom. The van der Waals surface area contributed by atoms with E-state index < -0.39 is 15.6 Å². The van der Waals surface area contributed by atoms with Crippen LogP contribution >= 0.6 is 0 Å². The van der Waals surface area contributed by atoms with E-state index >= 15 is 0 Å². The number of aryl methyl sites for hydroxylation is 1. The first-order chi connectivity index (χ1) is 9.54. The monoisotopic (exact) mass is 314 g/mol. The molecule has 0 saturated heterocycles. The summed E-state index contributed by atoms with van der Waals surface area (Å²) in [6, 6.07) is 6.08. The van der Waals surface area contributed by atoms with Crippen LogP contribution in [0, 0.1) is 6.92 Å². The summed E-state index contributed by atoms with van der Waals surface area (Å²) in [7, 11) is -1.58. The summed E-state index contributed by atoms with van der Waals surface area (Å²) < 4.78 is 30.7. The Bertz CT molecular complexity index is 583. The maximum absolute atomic E-state index is 11.3. The first-order valence-electron chi connectivity index (χ1n) is 6.91. The maximum Gasteiger partial charge on any atom is 0.209 e. The van der Waals surface area contributed by atoms with Gasteiger partial charge in [0, 0.05) is 23.7 Å². The number of benzene rings is 1. The molecule has 0 aromatic heterocycles. The Morgan fingerprint density at radius 3 is 2.48 bits per heavy atom. The van der Waals surface area contributed by atoms with Crippen LogP contribution in [0.3, 0.4) is 0 Å². The van der Waals surface area contributed by atoms with Gasteiger partial charge in [0.1, 0.15) is 5.75 Å². The van der Waals surface area contributed by atoms with Crippen molar-refractivity contribution in [1.82, 2.24) is 10.0 Å². The average molecular weight is 314 g/mol. The van der Waals surface area contributed by atoms with E-state index in [1.54, 1.807) is 7.11 Å². The van der Waals surface area contributed by atoms with Gasteiger partial charge in [-0.2, -0.15) is 0 Å². The number of nitrogens with one attached hydrogen (secondary N) is 2. The van der Waals surface area contributed by atoms with Gasteiger partial charge < -0.3 is 10.1 Å². The number of hydrogen-bond acceptors (Lipinski definition) is 4. The Morgan fingerprint density at radius 1 is 1.33 bits per heavy atom. The topological polar surface area (TPSA) is 67.4 Å². The standard InChI is InChI=1S/C15H26N2O3S/c1-11-7-8-14(20-5)13(9-11)12(2)16-10-15(3,4)17-21(6,18)19/h7-9,12,16-17H,10H2,1-6H3. The van der Waals surface area contributed by atoms with Crippen LogP contribution in [-0.2, 0) is 10.0 Å². The molecule has 1 aromatic rings. The van der Waals surface area contributed by atoms with Crippen LogP contribution in [0.25, 0.3) is 0 Å². The zero-order valence-electron chi connectivity index (χ0n) is 13.6. The summed E-state index contributed by atoms with van der Waals surface area (Å²) >= 11 is 0. The Labute approximate surface area is 128 Å². The fourth-order valence-corrected chi connectivity index (χ4v) is 3.32. The van der Waals surface area contributed by atoms with E-state index in [2.05, 4.69) is 16.1 Å². The highest BCUT2D eigenvalue weighted by Gasteiger charge is 2.23. The molecule has 0 radical (unpaired) electrons. The largest absolute Gasteiger partial charge is 0.496 e. The summed E-state index contributed by atoms with van der Waals surface area (Å²) in [4.78, 5) is 0. The molecule has 0 amide bonds. The van der Waals surface area contributed by atoms with Gasteiger partial charge in [0.25, 0.3) is 0 Å². The number of sulfonamides is 1. The minimum absolute atomic E-state index is 0.0560. The third kappa shape index (κ3) is 6.03. The lowest BCUT2D eigenvalue weighted by atomic mass is 10.0. The van der Waals surface area contributed by atoms with Gasteiger partial charge in [-0.3, -0.25) is 0 Å². The van der Waals surface area contributed by atoms with Crippen molar-refractivity contribution < 1.29 is 13.2 Å². The molecule has 0 bridgehead atoms.